The van der Waals surface area contributed by atoms with Crippen LogP contribution in [0.3, 0.4) is 0 Å². The third kappa shape index (κ3) is 3.62. The highest BCUT2D eigenvalue weighted by Gasteiger charge is 2.56. The van der Waals surface area contributed by atoms with Crippen LogP contribution in [0, 0.1) is 29.1 Å². The zero-order valence-electron chi connectivity index (χ0n) is 16.7. The molecule has 3 rings (SSSR count). The van der Waals surface area contributed by atoms with E-state index in [-0.39, 0.29) is 17.5 Å². The lowest BCUT2D eigenvalue weighted by Gasteiger charge is -2.45. The Morgan fingerprint density at radius 1 is 0.645 bits per heavy atom. The molecule has 0 heterocycles. The van der Waals surface area contributed by atoms with Gasteiger partial charge >= 0.3 is 0 Å². The molecule has 0 radical (unpaired) electrons. The molecule has 3 aromatic rings. The number of aliphatic hydroxyl groups is 2. The SMILES string of the molecule is CCCC[C@](O)(c1ccccc1)[C@@](O)(c1ccccc1)c1c(F)c(F)c(F)c(F)c1F. The molecule has 0 aromatic heterocycles. The molecule has 2 atom stereocenters. The van der Waals surface area contributed by atoms with Crippen molar-refractivity contribution in [3.63, 3.8) is 0 Å². The van der Waals surface area contributed by atoms with Gasteiger partial charge in [0.05, 0.1) is 5.56 Å². The number of benzene rings is 3. The standard InChI is InChI=1S/C24H21F5O2/c1-2-3-14-23(30,15-10-6-4-7-11-15)24(31,16-12-8-5-9-13-16)17-18(25)20(27)22(29)21(28)19(17)26/h4-13,30-31H,2-3,14H2,1H3/t23-,24+/m0/s1. The summed E-state index contributed by atoms with van der Waals surface area (Å²) in [7, 11) is 0. The topological polar surface area (TPSA) is 40.5 Å². The average molecular weight is 436 g/mol. The van der Waals surface area contributed by atoms with E-state index in [0.717, 1.165) is 0 Å². The van der Waals surface area contributed by atoms with Crippen molar-refractivity contribution in [2.45, 2.75) is 37.4 Å². The lowest BCUT2D eigenvalue weighted by Crippen LogP contribution is -2.51. The predicted octanol–water partition coefficient (Wildman–Crippen LogP) is 5.70. The predicted molar refractivity (Wildman–Crippen MR) is 106 cm³/mol. The minimum Gasteiger partial charge on any atom is -0.381 e. The van der Waals surface area contributed by atoms with Gasteiger partial charge in [0.25, 0.3) is 0 Å². The summed E-state index contributed by atoms with van der Waals surface area (Å²) in [5, 5.41) is 23.7. The van der Waals surface area contributed by atoms with Gasteiger partial charge in [0.1, 0.15) is 5.60 Å². The van der Waals surface area contributed by atoms with Crippen molar-refractivity contribution >= 4 is 0 Å². The van der Waals surface area contributed by atoms with Gasteiger partial charge in [-0.2, -0.15) is 0 Å². The van der Waals surface area contributed by atoms with Gasteiger partial charge in [-0.05, 0) is 17.5 Å². The molecule has 0 saturated carbocycles. The first-order chi connectivity index (χ1) is 14.7. The summed E-state index contributed by atoms with van der Waals surface area (Å²) in [5.41, 5.74) is -7.06. The minimum absolute atomic E-state index is 0.0683. The highest BCUT2D eigenvalue weighted by molar-refractivity contribution is 5.45. The normalized spacial score (nSPS) is 15.4. The highest BCUT2D eigenvalue weighted by Crippen LogP contribution is 2.50. The second kappa shape index (κ2) is 8.77. The van der Waals surface area contributed by atoms with Crippen molar-refractivity contribution < 1.29 is 32.2 Å². The molecular weight excluding hydrogens is 415 g/mol. The Morgan fingerprint density at radius 3 is 1.52 bits per heavy atom. The third-order valence-electron chi connectivity index (χ3n) is 5.51. The van der Waals surface area contributed by atoms with Crippen molar-refractivity contribution in [3.05, 3.63) is 106 Å². The molecule has 0 bridgehead atoms. The Labute approximate surface area is 176 Å². The summed E-state index contributed by atoms with van der Waals surface area (Å²) in [5.74, 6) is -11.1. The summed E-state index contributed by atoms with van der Waals surface area (Å²) < 4.78 is 71.9. The lowest BCUT2D eigenvalue weighted by atomic mass is 9.67. The van der Waals surface area contributed by atoms with Gasteiger partial charge in [-0.3, -0.25) is 0 Å². The van der Waals surface area contributed by atoms with Crippen LogP contribution < -0.4 is 0 Å². The van der Waals surface area contributed by atoms with Crippen molar-refractivity contribution in [3.8, 4) is 0 Å². The van der Waals surface area contributed by atoms with Gasteiger partial charge in [0, 0.05) is 0 Å². The number of rotatable bonds is 7. The average Bonchev–Trinajstić information content (AvgIpc) is 2.80. The molecule has 0 unspecified atom stereocenters. The summed E-state index contributed by atoms with van der Waals surface area (Å²) in [4.78, 5) is 0. The van der Waals surface area contributed by atoms with E-state index in [4.69, 9.17) is 0 Å². The fourth-order valence-corrected chi connectivity index (χ4v) is 3.87. The molecule has 0 aliphatic heterocycles. The van der Waals surface area contributed by atoms with Gasteiger partial charge in [-0.25, -0.2) is 22.0 Å². The van der Waals surface area contributed by atoms with Crippen LogP contribution in [0.15, 0.2) is 60.7 Å². The fraction of sp³-hybridized carbons (Fsp3) is 0.250. The Morgan fingerprint density at radius 2 is 1.06 bits per heavy atom. The lowest BCUT2D eigenvalue weighted by molar-refractivity contribution is -0.149. The molecule has 164 valence electrons. The largest absolute Gasteiger partial charge is 0.381 e. The van der Waals surface area contributed by atoms with Crippen molar-refractivity contribution in [2.24, 2.45) is 0 Å². The summed E-state index contributed by atoms with van der Waals surface area (Å²) in [6.45, 7) is 1.80. The second-order valence-electron chi connectivity index (χ2n) is 7.35. The van der Waals surface area contributed by atoms with E-state index >= 15 is 0 Å². The van der Waals surface area contributed by atoms with Crippen molar-refractivity contribution in [2.75, 3.05) is 0 Å². The van der Waals surface area contributed by atoms with E-state index in [2.05, 4.69) is 0 Å². The number of halogens is 5. The van der Waals surface area contributed by atoms with Crippen LogP contribution in [0.25, 0.3) is 0 Å². The Kier molecular flexibility index (Phi) is 6.48. The van der Waals surface area contributed by atoms with E-state index < -0.39 is 45.9 Å². The van der Waals surface area contributed by atoms with Crippen LogP contribution in [0.5, 0.6) is 0 Å². The molecule has 0 fully saturated rings. The molecule has 31 heavy (non-hydrogen) atoms. The Hall–Kier alpha value is -2.77. The molecule has 2 nitrogen and oxygen atoms in total. The molecule has 0 amide bonds. The number of hydrogen-bond donors (Lipinski definition) is 2. The molecule has 2 N–H and O–H groups in total. The molecule has 0 spiro atoms. The first-order valence-corrected chi connectivity index (χ1v) is 9.77. The van der Waals surface area contributed by atoms with E-state index in [1.54, 1.807) is 19.1 Å². The first kappa shape index (κ1) is 22.9. The maximum atomic E-state index is 15.0. The van der Waals surface area contributed by atoms with Gasteiger partial charge < -0.3 is 10.2 Å². The van der Waals surface area contributed by atoms with E-state index in [0.29, 0.717) is 12.8 Å². The monoisotopic (exact) mass is 436 g/mol. The molecule has 0 aliphatic carbocycles. The van der Waals surface area contributed by atoms with Crippen molar-refractivity contribution in [1.82, 2.24) is 0 Å². The van der Waals surface area contributed by atoms with Crippen LogP contribution in [-0.4, -0.2) is 10.2 Å². The second-order valence-corrected chi connectivity index (χ2v) is 7.35. The Bertz CT molecular complexity index is 1030. The van der Waals surface area contributed by atoms with E-state index in [1.807, 2.05) is 0 Å². The first-order valence-electron chi connectivity index (χ1n) is 9.77. The van der Waals surface area contributed by atoms with Crippen molar-refractivity contribution in [1.29, 1.82) is 0 Å². The summed E-state index contributed by atoms with van der Waals surface area (Å²) >= 11 is 0. The fourth-order valence-electron chi connectivity index (χ4n) is 3.87. The zero-order valence-corrected chi connectivity index (χ0v) is 16.7. The van der Waals surface area contributed by atoms with Gasteiger partial charge in [0.15, 0.2) is 28.9 Å². The van der Waals surface area contributed by atoms with E-state index in [9.17, 15) is 32.2 Å². The van der Waals surface area contributed by atoms with Crippen LogP contribution in [0.4, 0.5) is 22.0 Å². The summed E-state index contributed by atoms with van der Waals surface area (Å²) in [6, 6.07) is 14.5. The van der Waals surface area contributed by atoms with Gasteiger partial charge in [0.2, 0.25) is 5.82 Å². The van der Waals surface area contributed by atoms with Gasteiger partial charge in [-0.15, -0.1) is 0 Å². The molecule has 0 aliphatic rings. The van der Waals surface area contributed by atoms with E-state index in [1.165, 1.54) is 48.5 Å². The number of unbranched alkanes of at least 4 members (excludes halogenated alkanes) is 1. The van der Waals surface area contributed by atoms with Crippen LogP contribution in [-0.2, 0) is 11.2 Å². The third-order valence-corrected chi connectivity index (χ3v) is 5.51. The van der Waals surface area contributed by atoms with Crippen LogP contribution >= 0.6 is 0 Å². The van der Waals surface area contributed by atoms with Crippen LogP contribution in [0.2, 0.25) is 0 Å². The summed E-state index contributed by atoms with van der Waals surface area (Å²) in [6.07, 6.45) is 0.630. The number of hydrogen-bond acceptors (Lipinski definition) is 2. The maximum Gasteiger partial charge on any atom is 0.200 e. The smallest absolute Gasteiger partial charge is 0.200 e. The molecule has 3 aromatic carbocycles. The van der Waals surface area contributed by atoms with Crippen LogP contribution in [0.1, 0.15) is 42.9 Å². The quantitative estimate of drug-likeness (QED) is 0.284. The van der Waals surface area contributed by atoms with Gasteiger partial charge in [-0.1, -0.05) is 80.4 Å². The Balaban J connectivity index is 2.47. The highest BCUT2D eigenvalue weighted by atomic mass is 19.2. The molecule has 0 saturated heterocycles. The molecule has 7 heteroatoms. The minimum atomic E-state index is -2.99. The maximum absolute atomic E-state index is 15.0. The zero-order chi connectivity index (χ0) is 22.8. The molecular formula is C24H21F5O2.